The van der Waals surface area contributed by atoms with Crippen molar-refractivity contribution in [1.82, 2.24) is 15.2 Å². The molecule has 0 radical (unpaired) electrons. The molecule has 4 heterocycles. The summed E-state index contributed by atoms with van der Waals surface area (Å²) in [5, 5.41) is 6.09. The SMILES string of the molecule is COc1ccc2c(c1)N(CCN1CCC(NCc3ccc4c(n3)NC(=O)CO4)CC1=O)C(=O)CO2. The minimum absolute atomic E-state index is 0.00658. The number of hydrogen-bond donors (Lipinski definition) is 2. The van der Waals surface area contributed by atoms with Crippen molar-refractivity contribution < 1.29 is 28.6 Å². The second-order valence-electron chi connectivity index (χ2n) is 8.61. The zero-order valence-electron chi connectivity index (χ0n) is 19.4. The summed E-state index contributed by atoms with van der Waals surface area (Å²) in [5.41, 5.74) is 1.41. The van der Waals surface area contributed by atoms with Crippen molar-refractivity contribution in [2.24, 2.45) is 0 Å². The predicted octanol–water partition coefficient (Wildman–Crippen LogP) is 0.927. The number of benzene rings is 1. The highest BCUT2D eigenvalue weighted by atomic mass is 16.5. The molecule has 1 atom stereocenters. The molecule has 1 fully saturated rings. The lowest BCUT2D eigenvalue weighted by molar-refractivity contribution is -0.134. The summed E-state index contributed by atoms with van der Waals surface area (Å²) in [5.74, 6) is 1.91. The van der Waals surface area contributed by atoms with Crippen LogP contribution in [-0.4, -0.2) is 73.6 Å². The van der Waals surface area contributed by atoms with Gasteiger partial charge >= 0.3 is 0 Å². The molecule has 184 valence electrons. The third-order valence-corrected chi connectivity index (χ3v) is 6.33. The van der Waals surface area contributed by atoms with Crippen LogP contribution in [0.5, 0.6) is 17.2 Å². The molecular weight excluding hydrogens is 454 g/mol. The number of rotatable bonds is 7. The van der Waals surface area contributed by atoms with Crippen molar-refractivity contribution in [1.29, 1.82) is 0 Å². The molecule has 0 saturated carbocycles. The van der Waals surface area contributed by atoms with Crippen molar-refractivity contribution in [3.63, 3.8) is 0 Å². The van der Waals surface area contributed by atoms with Crippen molar-refractivity contribution in [3.8, 4) is 17.2 Å². The van der Waals surface area contributed by atoms with Crippen LogP contribution >= 0.6 is 0 Å². The smallest absolute Gasteiger partial charge is 0.265 e. The second kappa shape index (κ2) is 9.79. The van der Waals surface area contributed by atoms with Crippen LogP contribution in [0.25, 0.3) is 0 Å². The van der Waals surface area contributed by atoms with Gasteiger partial charge in [-0.3, -0.25) is 14.4 Å². The highest BCUT2D eigenvalue weighted by molar-refractivity contribution is 5.98. The Morgan fingerprint density at radius 1 is 1.09 bits per heavy atom. The number of likely N-dealkylation sites (tertiary alicyclic amines) is 1. The quantitative estimate of drug-likeness (QED) is 0.599. The lowest BCUT2D eigenvalue weighted by atomic mass is 10.0. The minimum atomic E-state index is -0.227. The topological polar surface area (TPSA) is 122 Å². The first-order valence-electron chi connectivity index (χ1n) is 11.5. The van der Waals surface area contributed by atoms with Crippen LogP contribution in [0.3, 0.4) is 0 Å². The van der Waals surface area contributed by atoms with Gasteiger partial charge in [0.2, 0.25) is 5.91 Å². The number of hydrogen-bond acceptors (Lipinski definition) is 8. The van der Waals surface area contributed by atoms with E-state index < -0.39 is 0 Å². The van der Waals surface area contributed by atoms with Crippen LogP contribution in [0.1, 0.15) is 18.5 Å². The summed E-state index contributed by atoms with van der Waals surface area (Å²) in [4.78, 5) is 44.7. The first-order valence-corrected chi connectivity index (χ1v) is 11.5. The molecule has 1 saturated heterocycles. The van der Waals surface area contributed by atoms with Gasteiger partial charge in [-0.1, -0.05) is 0 Å². The van der Waals surface area contributed by atoms with E-state index in [1.807, 2.05) is 6.07 Å². The van der Waals surface area contributed by atoms with E-state index in [1.54, 1.807) is 41.2 Å². The summed E-state index contributed by atoms with van der Waals surface area (Å²) in [7, 11) is 1.57. The van der Waals surface area contributed by atoms with Crippen molar-refractivity contribution in [2.45, 2.75) is 25.4 Å². The molecule has 11 heteroatoms. The lowest BCUT2D eigenvalue weighted by Crippen LogP contribution is -2.49. The van der Waals surface area contributed by atoms with Crippen LogP contribution in [0.2, 0.25) is 0 Å². The largest absolute Gasteiger partial charge is 0.497 e. The van der Waals surface area contributed by atoms with Gasteiger partial charge in [0.25, 0.3) is 11.8 Å². The van der Waals surface area contributed by atoms with Crippen LogP contribution < -0.4 is 29.7 Å². The maximum absolute atomic E-state index is 12.8. The average molecular weight is 482 g/mol. The standard InChI is InChI=1S/C24H27N5O6/c1-33-17-3-5-19-18(11-17)29(23(32)14-35-19)9-8-28-7-6-15(10-22(28)31)25-12-16-2-4-20-24(26-16)27-21(30)13-34-20/h2-5,11,15,25H,6-10,12-14H2,1H3,(H,26,27,30). The molecule has 3 aliphatic rings. The Morgan fingerprint density at radius 3 is 2.74 bits per heavy atom. The maximum Gasteiger partial charge on any atom is 0.265 e. The molecule has 0 spiro atoms. The fraction of sp³-hybridized carbons (Fsp3) is 0.417. The number of carbonyl (C=O) groups excluding carboxylic acids is 3. The van der Waals surface area contributed by atoms with E-state index in [0.717, 1.165) is 12.1 Å². The maximum atomic E-state index is 12.8. The van der Waals surface area contributed by atoms with Crippen LogP contribution in [-0.2, 0) is 20.9 Å². The van der Waals surface area contributed by atoms with E-state index in [4.69, 9.17) is 14.2 Å². The first-order chi connectivity index (χ1) is 17.0. The van der Waals surface area contributed by atoms with Crippen LogP contribution in [0.15, 0.2) is 30.3 Å². The van der Waals surface area contributed by atoms with Gasteiger partial charge in [-0.15, -0.1) is 0 Å². The Morgan fingerprint density at radius 2 is 1.91 bits per heavy atom. The van der Waals surface area contributed by atoms with Crippen LogP contribution in [0, 0.1) is 0 Å². The fourth-order valence-electron chi connectivity index (χ4n) is 4.42. The van der Waals surface area contributed by atoms with Gasteiger partial charge in [0, 0.05) is 44.7 Å². The molecule has 2 aromatic rings. The van der Waals surface area contributed by atoms with E-state index in [1.165, 1.54) is 0 Å². The Labute approximate surface area is 202 Å². The molecule has 0 bridgehead atoms. The number of fused-ring (bicyclic) bond motifs is 2. The van der Waals surface area contributed by atoms with E-state index >= 15 is 0 Å². The highest BCUT2D eigenvalue weighted by Crippen LogP contribution is 2.35. The zero-order chi connectivity index (χ0) is 24.4. The Balaban J connectivity index is 1.14. The van der Waals surface area contributed by atoms with E-state index in [9.17, 15) is 14.4 Å². The molecule has 35 heavy (non-hydrogen) atoms. The Kier molecular flexibility index (Phi) is 6.41. The van der Waals surface area contributed by atoms with Gasteiger partial charge in [0.15, 0.2) is 24.8 Å². The molecule has 3 amide bonds. The second-order valence-corrected chi connectivity index (χ2v) is 8.61. The summed E-state index contributed by atoms with van der Waals surface area (Å²) in [6, 6.07) is 9.00. The lowest BCUT2D eigenvalue weighted by Gasteiger charge is -2.35. The molecular formula is C24H27N5O6. The third-order valence-electron chi connectivity index (χ3n) is 6.33. The molecule has 3 aliphatic heterocycles. The zero-order valence-corrected chi connectivity index (χ0v) is 19.4. The molecule has 5 rings (SSSR count). The van der Waals surface area contributed by atoms with Gasteiger partial charge in [0.1, 0.15) is 11.5 Å². The molecule has 1 unspecified atom stereocenters. The number of nitrogens with one attached hydrogen (secondary N) is 2. The molecule has 0 aliphatic carbocycles. The van der Waals surface area contributed by atoms with Crippen LogP contribution in [0.4, 0.5) is 11.5 Å². The molecule has 11 nitrogen and oxygen atoms in total. The Hall–Kier alpha value is -3.86. The van der Waals surface area contributed by atoms with Crippen molar-refractivity contribution >= 4 is 29.2 Å². The van der Waals surface area contributed by atoms with Gasteiger partial charge in [-0.25, -0.2) is 4.98 Å². The number of ether oxygens (including phenoxy) is 3. The van der Waals surface area contributed by atoms with E-state index in [2.05, 4.69) is 15.6 Å². The normalized spacial score (nSPS) is 19.3. The number of pyridine rings is 1. The van der Waals surface area contributed by atoms with Gasteiger partial charge < -0.3 is 34.6 Å². The molecule has 2 N–H and O–H groups in total. The van der Waals surface area contributed by atoms with Crippen molar-refractivity contribution in [3.05, 3.63) is 36.0 Å². The summed E-state index contributed by atoms with van der Waals surface area (Å²) in [6.07, 6.45) is 1.16. The minimum Gasteiger partial charge on any atom is -0.497 e. The van der Waals surface area contributed by atoms with Gasteiger partial charge in [-0.05, 0) is 30.7 Å². The number of anilines is 2. The summed E-state index contributed by atoms with van der Waals surface area (Å²) >= 11 is 0. The monoisotopic (exact) mass is 481 g/mol. The fourth-order valence-corrected chi connectivity index (χ4v) is 4.42. The predicted molar refractivity (Wildman–Crippen MR) is 126 cm³/mol. The van der Waals surface area contributed by atoms with Gasteiger partial charge in [-0.2, -0.15) is 0 Å². The first kappa shape index (κ1) is 22.9. The number of aromatic nitrogens is 1. The average Bonchev–Trinajstić information content (AvgIpc) is 2.87. The number of amides is 3. The third kappa shape index (κ3) is 4.99. The number of methoxy groups -OCH3 is 1. The van der Waals surface area contributed by atoms with Gasteiger partial charge in [0.05, 0.1) is 18.5 Å². The number of carbonyl (C=O) groups is 3. The summed E-state index contributed by atoms with van der Waals surface area (Å²) in [6.45, 7) is 1.88. The molecule has 1 aromatic heterocycles. The molecule has 1 aromatic carbocycles. The summed E-state index contributed by atoms with van der Waals surface area (Å²) < 4.78 is 16.1. The number of nitrogens with zero attached hydrogens (tertiary/aromatic N) is 3. The van der Waals surface area contributed by atoms with E-state index in [0.29, 0.717) is 61.4 Å². The number of piperidine rings is 1. The highest BCUT2D eigenvalue weighted by Gasteiger charge is 2.30. The van der Waals surface area contributed by atoms with E-state index in [-0.39, 0.29) is 37.0 Å². The Bertz CT molecular complexity index is 1160. The van der Waals surface area contributed by atoms with Crippen molar-refractivity contribution in [2.75, 3.05) is 50.2 Å².